The highest BCUT2D eigenvalue weighted by Crippen LogP contribution is 2.19. The predicted octanol–water partition coefficient (Wildman–Crippen LogP) is 1.91. The molecule has 0 amide bonds. The van der Waals surface area contributed by atoms with E-state index < -0.39 is 0 Å². The molecule has 20 heavy (non-hydrogen) atoms. The van der Waals surface area contributed by atoms with Gasteiger partial charge in [-0.2, -0.15) is 0 Å². The molecule has 0 bridgehead atoms. The van der Waals surface area contributed by atoms with Gasteiger partial charge in [0, 0.05) is 13.1 Å². The summed E-state index contributed by atoms with van der Waals surface area (Å²) in [7, 11) is 2.13. The first-order chi connectivity index (χ1) is 9.70. The molecule has 1 aromatic rings. The fraction of sp³-hybridized carbons (Fsp3) is 0.562. The summed E-state index contributed by atoms with van der Waals surface area (Å²) in [5.74, 6) is 0.852. The Labute approximate surface area is 121 Å². The van der Waals surface area contributed by atoms with Crippen molar-refractivity contribution in [3.63, 3.8) is 0 Å². The van der Waals surface area contributed by atoms with Crippen molar-refractivity contribution in [3.05, 3.63) is 29.8 Å². The number of Topliss-reactive ketones (excluding diaryl/α,β-unsaturated/α-hetero) is 1. The number of hydrogen-bond acceptors (Lipinski definition) is 4. The van der Waals surface area contributed by atoms with E-state index in [0.29, 0.717) is 24.5 Å². The van der Waals surface area contributed by atoms with Crippen LogP contribution in [0.3, 0.4) is 0 Å². The molecule has 1 fully saturated rings. The first-order valence-electron chi connectivity index (χ1n) is 7.36. The van der Waals surface area contributed by atoms with Gasteiger partial charge >= 0.3 is 0 Å². The van der Waals surface area contributed by atoms with Crippen LogP contribution in [-0.2, 0) is 0 Å². The van der Waals surface area contributed by atoms with E-state index in [1.54, 1.807) is 0 Å². The third-order valence-electron chi connectivity index (χ3n) is 3.67. The van der Waals surface area contributed by atoms with Gasteiger partial charge in [-0.15, -0.1) is 0 Å². The molecule has 1 heterocycles. The van der Waals surface area contributed by atoms with E-state index in [9.17, 15) is 4.79 Å². The number of rotatable bonds is 5. The van der Waals surface area contributed by atoms with Crippen LogP contribution in [0.1, 0.15) is 23.7 Å². The Hall–Kier alpha value is -1.39. The Morgan fingerprint density at radius 2 is 2.00 bits per heavy atom. The molecule has 0 saturated carbocycles. The van der Waals surface area contributed by atoms with Crippen molar-refractivity contribution in [2.75, 3.05) is 46.4 Å². The van der Waals surface area contributed by atoms with Crippen LogP contribution in [0.2, 0.25) is 0 Å². The summed E-state index contributed by atoms with van der Waals surface area (Å²) < 4.78 is 5.54. The summed E-state index contributed by atoms with van der Waals surface area (Å²) in [5, 5.41) is 0. The first kappa shape index (κ1) is 15.0. The first-order valence-corrected chi connectivity index (χ1v) is 7.36. The van der Waals surface area contributed by atoms with Gasteiger partial charge in [0.05, 0.1) is 18.7 Å². The zero-order valence-electron chi connectivity index (χ0n) is 12.5. The zero-order chi connectivity index (χ0) is 14.4. The molecule has 1 aliphatic rings. The third kappa shape index (κ3) is 4.05. The van der Waals surface area contributed by atoms with Gasteiger partial charge in [-0.3, -0.25) is 9.69 Å². The van der Waals surface area contributed by atoms with E-state index >= 15 is 0 Å². The SMILES string of the molecule is CCOc1ccccc1C(=O)CN1CCCN(C)CC1. The highest BCUT2D eigenvalue weighted by Gasteiger charge is 2.18. The van der Waals surface area contributed by atoms with E-state index in [1.807, 2.05) is 31.2 Å². The van der Waals surface area contributed by atoms with Crippen LogP contribution in [0.4, 0.5) is 0 Å². The second-order valence-corrected chi connectivity index (χ2v) is 5.29. The van der Waals surface area contributed by atoms with E-state index in [1.165, 1.54) is 0 Å². The Morgan fingerprint density at radius 1 is 1.20 bits per heavy atom. The van der Waals surface area contributed by atoms with Crippen LogP contribution >= 0.6 is 0 Å². The Kier molecular flexibility index (Phi) is 5.56. The maximum Gasteiger partial charge on any atom is 0.180 e. The highest BCUT2D eigenvalue weighted by atomic mass is 16.5. The van der Waals surface area contributed by atoms with Crippen LogP contribution in [0.5, 0.6) is 5.75 Å². The summed E-state index contributed by atoms with van der Waals surface area (Å²) in [6, 6.07) is 7.53. The largest absolute Gasteiger partial charge is 0.493 e. The van der Waals surface area contributed by atoms with Gasteiger partial charge in [0.15, 0.2) is 5.78 Å². The molecule has 0 spiro atoms. The smallest absolute Gasteiger partial charge is 0.180 e. The molecule has 1 saturated heterocycles. The van der Waals surface area contributed by atoms with E-state index in [4.69, 9.17) is 4.74 Å². The van der Waals surface area contributed by atoms with Crippen molar-refractivity contribution in [2.24, 2.45) is 0 Å². The van der Waals surface area contributed by atoms with E-state index in [0.717, 1.165) is 32.6 Å². The van der Waals surface area contributed by atoms with Crippen molar-refractivity contribution >= 4 is 5.78 Å². The van der Waals surface area contributed by atoms with E-state index in [-0.39, 0.29) is 5.78 Å². The average molecular weight is 276 g/mol. The maximum atomic E-state index is 12.5. The standard InChI is InChI=1S/C16H24N2O2/c1-3-20-16-8-5-4-7-14(16)15(19)13-18-10-6-9-17(2)11-12-18/h4-5,7-8H,3,6,9-13H2,1-2H3. The quantitative estimate of drug-likeness (QED) is 0.769. The molecule has 0 atom stereocenters. The normalized spacial score (nSPS) is 17.7. The molecule has 2 rings (SSSR count). The number of carbonyl (C=O) groups is 1. The molecule has 4 heteroatoms. The number of nitrogens with zero attached hydrogens (tertiary/aromatic N) is 2. The van der Waals surface area contributed by atoms with Crippen LogP contribution in [0.25, 0.3) is 0 Å². The van der Waals surface area contributed by atoms with Gasteiger partial charge in [-0.05, 0) is 45.6 Å². The fourth-order valence-electron chi connectivity index (χ4n) is 2.52. The molecule has 0 unspecified atom stereocenters. The maximum absolute atomic E-state index is 12.5. The lowest BCUT2D eigenvalue weighted by Gasteiger charge is -2.19. The number of hydrogen-bond donors (Lipinski definition) is 0. The van der Waals surface area contributed by atoms with E-state index in [2.05, 4.69) is 16.8 Å². The predicted molar refractivity (Wildman–Crippen MR) is 80.5 cm³/mol. The highest BCUT2D eigenvalue weighted by molar-refractivity contribution is 6.00. The molecule has 0 aliphatic carbocycles. The summed E-state index contributed by atoms with van der Waals surface area (Å²) >= 11 is 0. The lowest BCUT2D eigenvalue weighted by atomic mass is 10.1. The Balaban J connectivity index is 2.00. The van der Waals surface area contributed by atoms with Crippen LogP contribution in [0, 0.1) is 0 Å². The molecule has 110 valence electrons. The van der Waals surface area contributed by atoms with Gasteiger partial charge in [-0.25, -0.2) is 0 Å². The average Bonchev–Trinajstić information content (AvgIpc) is 2.65. The number of likely N-dealkylation sites (N-methyl/N-ethyl adjacent to an activating group) is 1. The minimum absolute atomic E-state index is 0.151. The molecular formula is C16H24N2O2. The number of ketones is 1. The summed E-state index contributed by atoms with van der Waals surface area (Å²) in [4.78, 5) is 17.0. The van der Waals surface area contributed by atoms with Crippen LogP contribution in [-0.4, -0.2) is 62.0 Å². The topological polar surface area (TPSA) is 32.8 Å². The van der Waals surface area contributed by atoms with Crippen molar-refractivity contribution < 1.29 is 9.53 Å². The lowest BCUT2D eigenvalue weighted by molar-refractivity contribution is 0.0929. The molecule has 0 radical (unpaired) electrons. The summed E-state index contributed by atoms with van der Waals surface area (Å²) in [6.07, 6.45) is 1.12. The summed E-state index contributed by atoms with van der Waals surface area (Å²) in [6.45, 7) is 7.09. The van der Waals surface area contributed by atoms with Gasteiger partial charge in [0.25, 0.3) is 0 Å². The number of ether oxygens (including phenoxy) is 1. The van der Waals surface area contributed by atoms with Gasteiger partial charge in [0.2, 0.25) is 0 Å². The van der Waals surface area contributed by atoms with Crippen molar-refractivity contribution in [2.45, 2.75) is 13.3 Å². The summed E-state index contributed by atoms with van der Waals surface area (Å²) in [5.41, 5.74) is 0.701. The molecule has 1 aliphatic heterocycles. The number of benzene rings is 1. The van der Waals surface area contributed by atoms with Crippen LogP contribution < -0.4 is 4.74 Å². The second-order valence-electron chi connectivity index (χ2n) is 5.29. The molecule has 0 aromatic heterocycles. The molecule has 1 aromatic carbocycles. The molecular weight excluding hydrogens is 252 g/mol. The minimum atomic E-state index is 0.151. The number of para-hydroxylation sites is 1. The van der Waals surface area contributed by atoms with Crippen molar-refractivity contribution in [1.82, 2.24) is 9.80 Å². The van der Waals surface area contributed by atoms with Crippen LogP contribution in [0.15, 0.2) is 24.3 Å². The van der Waals surface area contributed by atoms with Crippen molar-refractivity contribution in [1.29, 1.82) is 0 Å². The number of carbonyl (C=O) groups excluding carboxylic acids is 1. The monoisotopic (exact) mass is 276 g/mol. The van der Waals surface area contributed by atoms with Gasteiger partial charge in [0.1, 0.15) is 5.75 Å². The molecule has 0 N–H and O–H groups in total. The molecule has 4 nitrogen and oxygen atoms in total. The fourth-order valence-corrected chi connectivity index (χ4v) is 2.52. The van der Waals surface area contributed by atoms with Crippen molar-refractivity contribution in [3.8, 4) is 5.75 Å². The van der Waals surface area contributed by atoms with Gasteiger partial charge < -0.3 is 9.64 Å². The lowest BCUT2D eigenvalue weighted by Crippen LogP contribution is -2.33. The van der Waals surface area contributed by atoms with Gasteiger partial charge in [-0.1, -0.05) is 12.1 Å². The Morgan fingerprint density at radius 3 is 2.80 bits per heavy atom. The zero-order valence-corrected chi connectivity index (χ0v) is 12.5. The third-order valence-corrected chi connectivity index (χ3v) is 3.67. The Bertz CT molecular complexity index is 448. The minimum Gasteiger partial charge on any atom is -0.493 e. The second kappa shape index (κ2) is 7.41.